The third-order valence-electron chi connectivity index (χ3n) is 10.8. The van der Waals surface area contributed by atoms with Gasteiger partial charge in [0.15, 0.2) is 5.78 Å². The van der Waals surface area contributed by atoms with Crippen molar-refractivity contribution in [2.24, 2.45) is 10.8 Å². The molecule has 0 bridgehead atoms. The number of aliphatic hydroxyl groups excluding tert-OH is 1. The van der Waals surface area contributed by atoms with Crippen molar-refractivity contribution < 1.29 is 38.8 Å². The summed E-state index contributed by atoms with van der Waals surface area (Å²) in [5.41, 5.74) is 5.07. The summed E-state index contributed by atoms with van der Waals surface area (Å²) in [6, 6.07) is 26.4. The molecule has 3 aromatic heterocycles. The molecule has 3 heterocycles. The van der Waals surface area contributed by atoms with E-state index in [4.69, 9.17) is 13.8 Å². The fourth-order valence-corrected chi connectivity index (χ4v) is 6.35. The Morgan fingerprint density at radius 3 is 2.14 bits per heavy atom. The van der Waals surface area contributed by atoms with Gasteiger partial charge in [-0.25, -0.2) is 0 Å². The van der Waals surface area contributed by atoms with Crippen LogP contribution in [0.5, 0.6) is 0 Å². The van der Waals surface area contributed by atoms with Gasteiger partial charge in [-0.15, -0.1) is 29.1 Å². The van der Waals surface area contributed by atoms with Gasteiger partial charge in [-0.3, -0.25) is 9.78 Å². The Labute approximate surface area is 316 Å². The number of hydrogen-bond donors (Lipinski definition) is 1. The molecule has 6 heteroatoms. The van der Waals surface area contributed by atoms with E-state index in [-0.39, 0.29) is 47.9 Å². The number of nitrogens with zero attached hydrogens (tertiary/aromatic N) is 1. The van der Waals surface area contributed by atoms with E-state index in [0.29, 0.717) is 0 Å². The van der Waals surface area contributed by atoms with Crippen molar-refractivity contribution in [3.05, 3.63) is 102 Å². The van der Waals surface area contributed by atoms with Gasteiger partial charge in [-0.05, 0) is 62.3 Å². The summed E-state index contributed by atoms with van der Waals surface area (Å²) in [7, 11) is 0. The predicted octanol–water partition coefficient (Wildman–Crippen LogP) is 13.1. The van der Waals surface area contributed by atoms with E-state index < -0.39 is 0 Å². The molecule has 6 rings (SSSR count). The molecule has 0 spiro atoms. The Bertz CT molecular complexity index is 2170. The van der Waals surface area contributed by atoms with Gasteiger partial charge in [0.1, 0.15) is 28.4 Å². The summed E-state index contributed by atoms with van der Waals surface area (Å²) in [4.78, 5) is 16.9. The zero-order valence-corrected chi connectivity index (χ0v) is 34.2. The van der Waals surface area contributed by atoms with Crippen LogP contribution in [0.15, 0.2) is 93.6 Å². The van der Waals surface area contributed by atoms with Crippen LogP contribution in [0.25, 0.3) is 55.3 Å². The average molecular weight is 863 g/mol. The molecular weight excluding hydrogens is 811 g/mol. The first kappa shape index (κ1) is 39.8. The second-order valence-electron chi connectivity index (χ2n) is 15.1. The van der Waals surface area contributed by atoms with Crippen molar-refractivity contribution >= 4 is 38.5 Å². The number of allylic oxidation sites excluding steroid dienone is 2. The Kier molecular flexibility index (Phi) is 12.3. The summed E-state index contributed by atoms with van der Waals surface area (Å²) in [6.45, 7) is 20.8. The standard InChI is InChI=1S/C30H24NO2.C15H28O2.Ir/c1-18-14-24-23(10-7-11-26(24)32-18)27-17-20-12-13-31-28(29(20)33-27)21-15-19-8-5-6-9-22(19)25(16-21)30(2,3)4;1-7-14(5,8-2)12(16)11-13(17)15(6,9-3)10-4;/h5-14,16-17H,1-4H3;11,16H,7-10H2,1-6H3;/q-1;;/b;12-11-;. The van der Waals surface area contributed by atoms with E-state index in [2.05, 4.69) is 75.4 Å². The number of aromatic nitrogens is 1. The Hall–Kier alpha value is -3.99. The van der Waals surface area contributed by atoms with Crippen LogP contribution in [0, 0.1) is 23.8 Å². The molecule has 51 heavy (non-hydrogen) atoms. The van der Waals surface area contributed by atoms with Crippen LogP contribution < -0.4 is 0 Å². The molecule has 5 nitrogen and oxygen atoms in total. The van der Waals surface area contributed by atoms with Gasteiger partial charge < -0.3 is 13.9 Å². The molecule has 0 fully saturated rings. The maximum absolute atomic E-state index is 12.2. The molecule has 1 radical (unpaired) electrons. The van der Waals surface area contributed by atoms with E-state index in [9.17, 15) is 9.90 Å². The van der Waals surface area contributed by atoms with E-state index in [1.807, 2.05) is 72.9 Å². The van der Waals surface area contributed by atoms with Crippen LogP contribution in [0.2, 0.25) is 0 Å². The van der Waals surface area contributed by atoms with E-state index >= 15 is 0 Å². The van der Waals surface area contributed by atoms with Gasteiger partial charge >= 0.3 is 0 Å². The summed E-state index contributed by atoms with van der Waals surface area (Å²) < 4.78 is 12.3. The Morgan fingerprint density at radius 2 is 1.49 bits per heavy atom. The third kappa shape index (κ3) is 8.08. The van der Waals surface area contributed by atoms with Gasteiger partial charge in [0.25, 0.3) is 0 Å². The number of carbonyl (C=O) groups excluding carboxylic acids is 1. The number of aliphatic hydroxyl groups is 1. The van der Waals surface area contributed by atoms with Gasteiger partial charge in [0, 0.05) is 65.2 Å². The average Bonchev–Trinajstić information content (AvgIpc) is 3.73. The number of rotatable bonds is 9. The van der Waals surface area contributed by atoms with Crippen molar-refractivity contribution in [2.45, 2.75) is 100 Å². The molecule has 0 saturated carbocycles. The molecular formula is C45H52IrNO4-. The summed E-state index contributed by atoms with van der Waals surface area (Å²) >= 11 is 0. The van der Waals surface area contributed by atoms with Crippen molar-refractivity contribution in [1.29, 1.82) is 0 Å². The molecule has 0 saturated heterocycles. The maximum atomic E-state index is 12.2. The molecule has 0 aliphatic carbocycles. The Balaban J connectivity index is 0.000000279. The monoisotopic (exact) mass is 863 g/mol. The van der Waals surface area contributed by atoms with Crippen LogP contribution in [0.3, 0.4) is 0 Å². The fourth-order valence-electron chi connectivity index (χ4n) is 6.35. The number of aryl methyl sites for hydroxylation is 1. The quantitative estimate of drug-likeness (QED) is 0.0890. The normalized spacial score (nSPS) is 12.5. The number of ketones is 1. The fraction of sp³-hybridized carbons (Fsp3) is 0.378. The van der Waals surface area contributed by atoms with Crippen molar-refractivity contribution in [3.63, 3.8) is 0 Å². The van der Waals surface area contributed by atoms with Crippen LogP contribution >= 0.6 is 0 Å². The molecule has 0 atom stereocenters. The minimum Gasteiger partial charge on any atom is -0.512 e. The number of carbonyl (C=O) groups is 1. The first-order valence-corrected chi connectivity index (χ1v) is 18.0. The summed E-state index contributed by atoms with van der Waals surface area (Å²) in [5.74, 6) is 1.98. The van der Waals surface area contributed by atoms with Crippen LogP contribution in [-0.4, -0.2) is 15.9 Å². The number of hydrogen-bond acceptors (Lipinski definition) is 5. The molecule has 0 amide bonds. The van der Waals surface area contributed by atoms with Crippen LogP contribution in [0.4, 0.5) is 0 Å². The van der Waals surface area contributed by atoms with Gasteiger partial charge in [0.05, 0.1) is 0 Å². The summed E-state index contributed by atoms with van der Waals surface area (Å²) in [6.07, 6.45) is 6.60. The molecule has 3 aromatic carbocycles. The number of fused-ring (bicyclic) bond motifs is 3. The molecule has 1 N–H and O–H groups in total. The SMILES string of the molecule is CCC(C)(CC)C(=O)/C=C(\O)C(C)(CC)CC.Cc1cc2c(-c3cc4ccnc(-c5[c-]c6ccccc6c(C(C)(C)C)c5)c4o3)cccc2o1.[Ir]. The molecule has 0 aliphatic heterocycles. The van der Waals surface area contributed by atoms with E-state index in [1.54, 1.807) is 0 Å². The number of benzene rings is 3. The minimum absolute atomic E-state index is 0. The number of pyridine rings is 1. The zero-order valence-electron chi connectivity index (χ0n) is 31.8. The third-order valence-corrected chi connectivity index (χ3v) is 10.8. The second-order valence-corrected chi connectivity index (χ2v) is 15.1. The molecule has 0 aliphatic rings. The summed E-state index contributed by atoms with van der Waals surface area (Å²) in [5, 5.41) is 14.5. The van der Waals surface area contributed by atoms with Crippen molar-refractivity contribution in [3.8, 4) is 22.6 Å². The number of furan rings is 2. The molecule has 6 aromatic rings. The minimum atomic E-state index is -0.337. The molecule has 0 unspecified atom stereocenters. The van der Waals surface area contributed by atoms with Crippen LogP contribution in [0.1, 0.15) is 99.3 Å². The van der Waals surface area contributed by atoms with Crippen LogP contribution in [-0.2, 0) is 30.3 Å². The van der Waals surface area contributed by atoms with Crippen molar-refractivity contribution in [1.82, 2.24) is 4.98 Å². The molecule has 271 valence electrons. The van der Waals surface area contributed by atoms with Gasteiger partial charge in [-0.1, -0.05) is 104 Å². The first-order chi connectivity index (χ1) is 23.7. The van der Waals surface area contributed by atoms with Gasteiger partial charge in [-0.2, -0.15) is 0 Å². The predicted molar refractivity (Wildman–Crippen MR) is 208 cm³/mol. The van der Waals surface area contributed by atoms with E-state index in [1.165, 1.54) is 17.0 Å². The topological polar surface area (TPSA) is 76.5 Å². The smallest absolute Gasteiger partial charge is 0.164 e. The maximum Gasteiger partial charge on any atom is 0.164 e. The van der Waals surface area contributed by atoms with E-state index in [0.717, 1.165) is 81.3 Å². The largest absolute Gasteiger partial charge is 0.512 e. The first-order valence-electron chi connectivity index (χ1n) is 18.0. The zero-order chi connectivity index (χ0) is 36.4. The second kappa shape index (κ2) is 15.7. The van der Waals surface area contributed by atoms with Gasteiger partial charge in [0.2, 0.25) is 0 Å². The Morgan fingerprint density at radius 1 is 0.824 bits per heavy atom. The van der Waals surface area contributed by atoms with Crippen molar-refractivity contribution in [2.75, 3.05) is 0 Å².